The summed E-state index contributed by atoms with van der Waals surface area (Å²) in [6, 6.07) is 0. The summed E-state index contributed by atoms with van der Waals surface area (Å²) >= 11 is 1.85. The molecule has 0 atom stereocenters. The van der Waals surface area contributed by atoms with E-state index < -0.39 is 0 Å². The summed E-state index contributed by atoms with van der Waals surface area (Å²) in [4.78, 5) is 2.53. The standard InChI is InChI=1S/C13H23N3S/c1-5-17-12-10-6-7-16(9-13(2,3)4)8-11(10)14-15-12/h5-9H2,1-4H3,(H,14,15). The lowest BCUT2D eigenvalue weighted by Gasteiger charge is -2.32. The van der Waals surface area contributed by atoms with Crippen LogP contribution in [-0.4, -0.2) is 33.9 Å². The van der Waals surface area contributed by atoms with E-state index in [4.69, 9.17) is 0 Å². The van der Waals surface area contributed by atoms with E-state index in [1.165, 1.54) is 22.8 Å². The quantitative estimate of drug-likeness (QED) is 0.841. The van der Waals surface area contributed by atoms with E-state index in [1.807, 2.05) is 11.8 Å². The SMILES string of the molecule is CCSc1n[nH]c2c1CCN(CC(C)(C)C)C2. The number of hydrogen-bond donors (Lipinski definition) is 1. The lowest BCUT2D eigenvalue weighted by molar-refractivity contribution is 0.175. The topological polar surface area (TPSA) is 31.9 Å². The molecular formula is C13H23N3S. The van der Waals surface area contributed by atoms with Crippen molar-refractivity contribution in [2.45, 2.75) is 45.7 Å². The first kappa shape index (κ1) is 13.0. The second-order valence-electron chi connectivity index (χ2n) is 5.94. The first-order valence-corrected chi connectivity index (χ1v) is 7.39. The Labute approximate surface area is 108 Å². The fourth-order valence-corrected chi connectivity index (χ4v) is 3.19. The highest BCUT2D eigenvalue weighted by Crippen LogP contribution is 2.28. The van der Waals surface area contributed by atoms with Gasteiger partial charge in [-0.3, -0.25) is 10.00 Å². The Morgan fingerprint density at radius 1 is 1.41 bits per heavy atom. The molecule has 96 valence electrons. The van der Waals surface area contributed by atoms with Gasteiger partial charge in [-0.2, -0.15) is 5.10 Å². The Balaban J connectivity index is 2.05. The van der Waals surface area contributed by atoms with Gasteiger partial charge in [0.05, 0.1) is 5.69 Å². The average molecular weight is 253 g/mol. The van der Waals surface area contributed by atoms with Gasteiger partial charge in [-0.15, -0.1) is 11.8 Å². The van der Waals surface area contributed by atoms with Gasteiger partial charge in [-0.05, 0) is 17.6 Å². The Bertz CT molecular complexity index is 379. The zero-order valence-corrected chi connectivity index (χ0v) is 12.2. The molecule has 0 saturated heterocycles. The number of H-pyrrole nitrogens is 1. The highest BCUT2D eigenvalue weighted by Gasteiger charge is 2.24. The van der Waals surface area contributed by atoms with Crippen LogP contribution < -0.4 is 0 Å². The van der Waals surface area contributed by atoms with Crippen LogP contribution in [0.3, 0.4) is 0 Å². The minimum Gasteiger partial charge on any atom is -0.297 e. The van der Waals surface area contributed by atoms with Crippen molar-refractivity contribution in [2.75, 3.05) is 18.8 Å². The second-order valence-corrected chi connectivity index (χ2v) is 7.19. The van der Waals surface area contributed by atoms with Crippen molar-refractivity contribution in [1.29, 1.82) is 0 Å². The molecule has 0 spiro atoms. The summed E-state index contributed by atoms with van der Waals surface area (Å²) < 4.78 is 0. The lowest BCUT2D eigenvalue weighted by Crippen LogP contribution is -2.36. The third-order valence-corrected chi connectivity index (χ3v) is 3.85. The summed E-state index contributed by atoms with van der Waals surface area (Å²) in [5, 5.41) is 8.86. The smallest absolute Gasteiger partial charge is 0.121 e. The van der Waals surface area contributed by atoms with Gasteiger partial charge in [0.2, 0.25) is 0 Å². The molecule has 0 aliphatic carbocycles. The molecule has 4 heteroatoms. The van der Waals surface area contributed by atoms with Crippen LogP contribution >= 0.6 is 11.8 Å². The number of nitrogens with zero attached hydrogens (tertiary/aromatic N) is 2. The van der Waals surface area contributed by atoms with Gasteiger partial charge >= 0.3 is 0 Å². The van der Waals surface area contributed by atoms with E-state index in [0.717, 1.165) is 25.3 Å². The van der Waals surface area contributed by atoms with E-state index in [1.54, 1.807) is 0 Å². The third-order valence-electron chi connectivity index (χ3n) is 2.95. The minimum atomic E-state index is 0.374. The number of nitrogens with one attached hydrogen (secondary N) is 1. The van der Waals surface area contributed by atoms with Crippen LogP contribution in [0.4, 0.5) is 0 Å². The Morgan fingerprint density at radius 2 is 2.18 bits per heavy atom. The molecule has 1 aliphatic rings. The first-order chi connectivity index (χ1) is 7.99. The van der Waals surface area contributed by atoms with Crippen molar-refractivity contribution in [3.8, 4) is 0 Å². The van der Waals surface area contributed by atoms with E-state index in [2.05, 4.69) is 42.8 Å². The third kappa shape index (κ3) is 3.26. The van der Waals surface area contributed by atoms with Crippen LogP contribution in [0.1, 0.15) is 39.0 Å². The summed E-state index contributed by atoms with van der Waals surface area (Å²) in [6.07, 6.45) is 1.14. The summed E-state index contributed by atoms with van der Waals surface area (Å²) in [7, 11) is 0. The molecule has 1 N–H and O–H groups in total. The second kappa shape index (κ2) is 5.02. The van der Waals surface area contributed by atoms with Crippen LogP contribution in [0.25, 0.3) is 0 Å². The maximum absolute atomic E-state index is 4.43. The molecule has 1 aromatic rings. The molecule has 0 saturated carbocycles. The van der Waals surface area contributed by atoms with Crippen LogP contribution in [0.15, 0.2) is 5.03 Å². The molecule has 0 amide bonds. The summed E-state index contributed by atoms with van der Waals surface area (Å²) in [6.45, 7) is 12.4. The maximum Gasteiger partial charge on any atom is 0.121 e. The average Bonchev–Trinajstić information content (AvgIpc) is 2.59. The van der Waals surface area contributed by atoms with Gasteiger partial charge in [0.15, 0.2) is 0 Å². The van der Waals surface area contributed by atoms with Crippen molar-refractivity contribution in [3.63, 3.8) is 0 Å². The van der Waals surface area contributed by atoms with Gasteiger partial charge in [0.1, 0.15) is 5.03 Å². The zero-order chi connectivity index (χ0) is 12.5. The van der Waals surface area contributed by atoms with Crippen molar-refractivity contribution >= 4 is 11.8 Å². The molecule has 17 heavy (non-hydrogen) atoms. The molecule has 0 radical (unpaired) electrons. The van der Waals surface area contributed by atoms with E-state index in [9.17, 15) is 0 Å². The number of rotatable bonds is 3. The molecule has 3 nitrogen and oxygen atoms in total. The van der Waals surface area contributed by atoms with E-state index in [-0.39, 0.29) is 0 Å². The van der Waals surface area contributed by atoms with Crippen LogP contribution in [0.2, 0.25) is 0 Å². The summed E-state index contributed by atoms with van der Waals surface area (Å²) in [5.41, 5.74) is 3.16. The predicted octanol–water partition coefficient (Wildman–Crippen LogP) is 2.93. The highest BCUT2D eigenvalue weighted by molar-refractivity contribution is 7.99. The number of aromatic amines is 1. The Hall–Kier alpha value is -0.480. The molecule has 0 aromatic carbocycles. The van der Waals surface area contributed by atoms with Gasteiger partial charge < -0.3 is 0 Å². The number of thioether (sulfide) groups is 1. The predicted molar refractivity (Wildman–Crippen MR) is 73.4 cm³/mol. The normalized spacial score (nSPS) is 17.2. The van der Waals surface area contributed by atoms with Crippen LogP contribution in [-0.2, 0) is 13.0 Å². The van der Waals surface area contributed by atoms with Crippen molar-refractivity contribution in [1.82, 2.24) is 15.1 Å². The maximum atomic E-state index is 4.43. The molecule has 1 aromatic heterocycles. The van der Waals surface area contributed by atoms with Crippen LogP contribution in [0, 0.1) is 5.41 Å². The van der Waals surface area contributed by atoms with Gasteiger partial charge in [-0.1, -0.05) is 27.7 Å². The van der Waals surface area contributed by atoms with Gasteiger partial charge in [0, 0.05) is 25.2 Å². The van der Waals surface area contributed by atoms with Crippen molar-refractivity contribution in [2.24, 2.45) is 5.41 Å². The molecule has 0 unspecified atom stereocenters. The molecule has 2 rings (SSSR count). The summed E-state index contributed by atoms with van der Waals surface area (Å²) in [5.74, 6) is 1.10. The molecule has 2 heterocycles. The Kier molecular flexibility index (Phi) is 3.83. The number of aromatic nitrogens is 2. The number of hydrogen-bond acceptors (Lipinski definition) is 3. The van der Waals surface area contributed by atoms with E-state index >= 15 is 0 Å². The fourth-order valence-electron chi connectivity index (χ4n) is 2.41. The largest absolute Gasteiger partial charge is 0.297 e. The molecular weight excluding hydrogens is 230 g/mol. The lowest BCUT2D eigenvalue weighted by atomic mass is 9.94. The van der Waals surface area contributed by atoms with Crippen molar-refractivity contribution in [3.05, 3.63) is 11.3 Å². The monoisotopic (exact) mass is 253 g/mol. The number of fused-ring (bicyclic) bond motifs is 1. The van der Waals surface area contributed by atoms with E-state index in [0.29, 0.717) is 5.41 Å². The highest BCUT2D eigenvalue weighted by atomic mass is 32.2. The molecule has 0 fully saturated rings. The molecule has 0 bridgehead atoms. The van der Waals surface area contributed by atoms with Gasteiger partial charge in [-0.25, -0.2) is 0 Å². The zero-order valence-electron chi connectivity index (χ0n) is 11.3. The molecule has 1 aliphatic heterocycles. The van der Waals surface area contributed by atoms with Gasteiger partial charge in [0.25, 0.3) is 0 Å². The first-order valence-electron chi connectivity index (χ1n) is 6.41. The Morgan fingerprint density at radius 3 is 2.82 bits per heavy atom. The van der Waals surface area contributed by atoms with Crippen molar-refractivity contribution < 1.29 is 0 Å². The minimum absolute atomic E-state index is 0.374. The fraction of sp³-hybridized carbons (Fsp3) is 0.769. The van der Waals surface area contributed by atoms with Crippen LogP contribution in [0.5, 0.6) is 0 Å².